The Bertz CT molecular complexity index is 1090. The predicted molar refractivity (Wildman–Crippen MR) is 101 cm³/mol. The molecule has 0 fully saturated rings. The van der Waals surface area contributed by atoms with Crippen molar-refractivity contribution in [3.63, 3.8) is 0 Å². The highest BCUT2D eigenvalue weighted by atomic mass is 19.1. The van der Waals surface area contributed by atoms with Crippen LogP contribution in [0.5, 0.6) is 5.75 Å². The summed E-state index contributed by atoms with van der Waals surface area (Å²) in [6.45, 7) is 3.49. The van der Waals surface area contributed by atoms with Gasteiger partial charge in [-0.2, -0.15) is 10.2 Å². The number of aromatic carboxylic acids is 1. The highest BCUT2D eigenvalue weighted by Crippen LogP contribution is 2.22. The van der Waals surface area contributed by atoms with Gasteiger partial charge < -0.3 is 15.2 Å². The number of rotatable bonds is 8. The SMILES string of the molecule is Cc1nn(COc2ccc(F)cc2F)c(C)c1NC(=O)CCn1ccc(C(=O)O)n1. The number of hydrogen-bond donors (Lipinski definition) is 2. The molecule has 2 aromatic heterocycles. The van der Waals surface area contributed by atoms with Crippen molar-refractivity contribution in [3.8, 4) is 5.75 Å². The first-order valence-electron chi connectivity index (χ1n) is 8.93. The first-order chi connectivity index (χ1) is 14.2. The maximum absolute atomic E-state index is 13.7. The zero-order valence-corrected chi connectivity index (χ0v) is 16.2. The highest BCUT2D eigenvalue weighted by Gasteiger charge is 2.16. The number of aromatic nitrogens is 4. The minimum absolute atomic E-state index is 0.0715. The van der Waals surface area contributed by atoms with E-state index in [-0.39, 0.29) is 37.0 Å². The fraction of sp³-hybridized carbons (Fsp3) is 0.263. The van der Waals surface area contributed by atoms with Crippen LogP contribution in [0.4, 0.5) is 14.5 Å². The third-order valence-corrected chi connectivity index (χ3v) is 4.31. The van der Waals surface area contributed by atoms with Crippen molar-refractivity contribution < 1.29 is 28.2 Å². The maximum Gasteiger partial charge on any atom is 0.356 e. The molecule has 0 aliphatic carbocycles. The number of benzene rings is 1. The van der Waals surface area contributed by atoms with Crippen LogP contribution in [0.3, 0.4) is 0 Å². The normalized spacial score (nSPS) is 10.8. The second-order valence-electron chi connectivity index (χ2n) is 6.46. The van der Waals surface area contributed by atoms with E-state index in [2.05, 4.69) is 15.5 Å². The number of halogens is 2. The quantitative estimate of drug-likeness (QED) is 0.581. The van der Waals surface area contributed by atoms with E-state index >= 15 is 0 Å². The molecule has 0 saturated heterocycles. The molecule has 3 rings (SSSR count). The first kappa shape index (κ1) is 21.0. The van der Waals surface area contributed by atoms with Crippen molar-refractivity contribution >= 4 is 17.6 Å². The summed E-state index contributed by atoms with van der Waals surface area (Å²) in [7, 11) is 0. The number of nitrogens with one attached hydrogen (secondary N) is 1. The number of carbonyl (C=O) groups is 2. The van der Waals surface area contributed by atoms with Gasteiger partial charge in [0, 0.05) is 25.2 Å². The van der Waals surface area contributed by atoms with Gasteiger partial charge in [0.15, 0.2) is 24.0 Å². The Morgan fingerprint density at radius 3 is 2.63 bits per heavy atom. The zero-order chi connectivity index (χ0) is 21.8. The summed E-state index contributed by atoms with van der Waals surface area (Å²) in [5.74, 6) is -3.09. The van der Waals surface area contributed by atoms with Gasteiger partial charge in [-0.1, -0.05) is 0 Å². The molecule has 2 heterocycles. The number of aryl methyl sites for hydroxylation is 2. The molecule has 2 N–H and O–H groups in total. The average Bonchev–Trinajstić information content (AvgIpc) is 3.26. The molecule has 11 heteroatoms. The van der Waals surface area contributed by atoms with E-state index in [1.54, 1.807) is 13.8 Å². The smallest absolute Gasteiger partial charge is 0.356 e. The zero-order valence-electron chi connectivity index (χ0n) is 16.2. The molecule has 0 radical (unpaired) electrons. The van der Waals surface area contributed by atoms with Crippen LogP contribution in [-0.2, 0) is 18.1 Å². The highest BCUT2D eigenvalue weighted by molar-refractivity contribution is 5.91. The molecule has 1 aromatic carbocycles. The van der Waals surface area contributed by atoms with Gasteiger partial charge in [0.05, 0.1) is 17.1 Å². The number of carbonyl (C=O) groups excluding carboxylic acids is 1. The second kappa shape index (κ2) is 8.72. The lowest BCUT2D eigenvalue weighted by Gasteiger charge is -2.09. The van der Waals surface area contributed by atoms with Gasteiger partial charge in [0.25, 0.3) is 0 Å². The Balaban J connectivity index is 1.60. The number of ether oxygens (including phenoxy) is 1. The van der Waals surface area contributed by atoms with Gasteiger partial charge in [-0.05, 0) is 32.0 Å². The van der Waals surface area contributed by atoms with E-state index in [9.17, 15) is 18.4 Å². The van der Waals surface area contributed by atoms with Gasteiger partial charge in [0.1, 0.15) is 5.82 Å². The van der Waals surface area contributed by atoms with Gasteiger partial charge >= 0.3 is 5.97 Å². The predicted octanol–water partition coefficient (Wildman–Crippen LogP) is 2.74. The molecule has 158 valence electrons. The Labute approximate surface area is 169 Å². The largest absolute Gasteiger partial charge is 0.476 e. The molecule has 0 atom stereocenters. The topological polar surface area (TPSA) is 111 Å². The summed E-state index contributed by atoms with van der Waals surface area (Å²) in [5.41, 5.74) is 1.53. The first-order valence-corrected chi connectivity index (χ1v) is 8.93. The Morgan fingerprint density at radius 2 is 1.97 bits per heavy atom. The van der Waals surface area contributed by atoms with E-state index in [0.29, 0.717) is 17.1 Å². The number of carboxylic acid groups (broad SMARTS) is 1. The Kier molecular flexibility index (Phi) is 6.09. The number of amides is 1. The maximum atomic E-state index is 13.7. The van der Waals surface area contributed by atoms with Crippen molar-refractivity contribution in [3.05, 3.63) is 59.2 Å². The third-order valence-electron chi connectivity index (χ3n) is 4.31. The summed E-state index contributed by atoms with van der Waals surface area (Å²) in [6.07, 6.45) is 1.55. The second-order valence-corrected chi connectivity index (χ2v) is 6.46. The lowest BCUT2D eigenvalue weighted by atomic mass is 10.3. The number of anilines is 1. The molecule has 3 aromatic rings. The minimum atomic E-state index is -1.14. The van der Waals surface area contributed by atoms with E-state index in [1.165, 1.54) is 27.7 Å². The molecule has 0 aliphatic heterocycles. The number of carboxylic acids is 1. The third kappa shape index (κ3) is 4.80. The molecule has 0 aliphatic rings. The van der Waals surface area contributed by atoms with Gasteiger partial charge in [-0.3, -0.25) is 9.48 Å². The van der Waals surface area contributed by atoms with Crippen molar-refractivity contribution in [1.82, 2.24) is 19.6 Å². The molecular formula is C19H19F2N5O4. The summed E-state index contributed by atoms with van der Waals surface area (Å²) >= 11 is 0. The van der Waals surface area contributed by atoms with Crippen molar-refractivity contribution in [2.24, 2.45) is 0 Å². The van der Waals surface area contributed by atoms with Crippen molar-refractivity contribution in [1.29, 1.82) is 0 Å². The average molecular weight is 419 g/mol. The lowest BCUT2D eigenvalue weighted by molar-refractivity contribution is -0.116. The van der Waals surface area contributed by atoms with Crippen LogP contribution in [0.1, 0.15) is 28.3 Å². The number of nitrogens with zero attached hydrogens (tertiary/aromatic N) is 4. The molecule has 9 nitrogen and oxygen atoms in total. The van der Waals surface area contributed by atoms with Crippen molar-refractivity contribution in [2.45, 2.75) is 33.5 Å². The monoisotopic (exact) mass is 419 g/mol. The molecule has 0 spiro atoms. The van der Waals surface area contributed by atoms with Crippen LogP contribution in [0.2, 0.25) is 0 Å². The van der Waals surface area contributed by atoms with E-state index in [4.69, 9.17) is 9.84 Å². The molecular weight excluding hydrogens is 400 g/mol. The standard InChI is InChI=1S/C19H19F2N5O4/c1-11-18(22-17(27)6-8-25-7-5-15(24-25)19(28)29)12(2)26(23-11)10-30-16-4-3-13(20)9-14(16)21/h3-5,7,9H,6,8,10H2,1-2H3,(H,22,27)(H,28,29). The van der Waals surface area contributed by atoms with Crippen LogP contribution >= 0.6 is 0 Å². The van der Waals surface area contributed by atoms with Crippen molar-refractivity contribution in [2.75, 3.05) is 5.32 Å². The summed E-state index contributed by atoms with van der Waals surface area (Å²) in [6, 6.07) is 4.35. The van der Waals surface area contributed by atoms with E-state index in [0.717, 1.165) is 12.1 Å². The Hall–Kier alpha value is -3.76. The van der Waals surface area contributed by atoms with Crippen LogP contribution in [0.15, 0.2) is 30.5 Å². The summed E-state index contributed by atoms with van der Waals surface area (Å²) in [5, 5.41) is 19.7. The summed E-state index contributed by atoms with van der Waals surface area (Å²) < 4.78 is 34.8. The molecule has 1 amide bonds. The van der Waals surface area contributed by atoms with Crippen LogP contribution in [-0.4, -0.2) is 36.5 Å². The van der Waals surface area contributed by atoms with Crippen LogP contribution < -0.4 is 10.1 Å². The van der Waals surface area contributed by atoms with E-state index < -0.39 is 17.6 Å². The van der Waals surface area contributed by atoms with Gasteiger partial charge in [-0.25, -0.2) is 18.3 Å². The van der Waals surface area contributed by atoms with E-state index in [1.807, 2.05) is 0 Å². The molecule has 0 unspecified atom stereocenters. The number of hydrogen-bond acceptors (Lipinski definition) is 5. The Morgan fingerprint density at radius 1 is 1.20 bits per heavy atom. The minimum Gasteiger partial charge on any atom is -0.476 e. The lowest BCUT2D eigenvalue weighted by Crippen LogP contribution is -2.16. The van der Waals surface area contributed by atoms with Gasteiger partial charge in [0.2, 0.25) is 5.91 Å². The summed E-state index contributed by atoms with van der Waals surface area (Å²) in [4.78, 5) is 23.1. The molecule has 0 saturated carbocycles. The van der Waals surface area contributed by atoms with Gasteiger partial charge in [-0.15, -0.1) is 0 Å². The molecule has 30 heavy (non-hydrogen) atoms. The van der Waals surface area contributed by atoms with Crippen LogP contribution in [0, 0.1) is 25.5 Å². The fourth-order valence-electron chi connectivity index (χ4n) is 2.74. The van der Waals surface area contributed by atoms with Crippen LogP contribution in [0.25, 0.3) is 0 Å². The molecule has 0 bridgehead atoms. The fourth-order valence-corrected chi connectivity index (χ4v) is 2.74.